The molecule has 1 fully saturated rings. The van der Waals surface area contributed by atoms with Gasteiger partial charge in [-0.05, 0) is 42.4 Å². The highest BCUT2D eigenvalue weighted by Gasteiger charge is 2.27. The molecular formula is C20H29NO4. The molecule has 1 aromatic carbocycles. The average molecular weight is 347 g/mol. The summed E-state index contributed by atoms with van der Waals surface area (Å²) < 4.78 is 10.5. The van der Waals surface area contributed by atoms with Crippen molar-refractivity contribution >= 4 is 11.9 Å². The molecule has 0 bridgehead atoms. The fraction of sp³-hybridized carbons (Fsp3) is 0.600. The van der Waals surface area contributed by atoms with E-state index < -0.39 is 0 Å². The van der Waals surface area contributed by atoms with Crippen molar-refractivity contribution in [3.05, 3.63) is 29.8 Å². The van der Waals surface area contributed by atoms with Gasteiger partial charge in [-0.15, -0.1) is 0 Å². The summed E-state index contributed by atoms with van der Waals surface area (Å²) in [5.41, 5.74) is 1.22. The van der Waals surface area contributed by atoms with Crippen molar-refractivity contribution in [2.45, 2.75) is 39.5 Å². The van der Waals surface area contributed by atoms with Gasteiger partial charge in [-0.2, -0.15) is 0 Å². The second-order valence-corrected chi connectivity index (χ2v) is 7.07. The van der Waals surface area contributed by atoms with Crippen LogP contribution in [0.15, 0.2) is 24.3 Å². The summed E-state index contributed by atoms with van der Waals surface area (Å²) in [7, 11) is 1.40. The van der Waals surface area contributed by atoms with Crippen LogP contribution in [0.4, 0.5) is 0 Å². The van der Waals surface area contributed by atoms with Gasteiger partial charge in [0.15, 0.2) is 6.61 Å². The molecule has 0 radical (unpaired) electrons. The van der Waals surface area contributed by atoms with Crippen molar-refractivity contribution in [1.29, 1.82) is 0 Å². The molecule has 1 unspecified atom stereocenters. The zero-order chi connectivity index (χ0) is 18.4. The standard InChI is InChI=1S/C20H29NO4/c1-14(2)15(3)17-6-5-7-18(12-17)25-13-19(22)21-10-8-16(9-11-21)20(23)24-4/h5-7,12,14-16H,8-11,13H2,1-4H3. The molecule has 1 saturated heterocycles. The fourth-order valence-electron chi connectivity index (χ4n) is 3.04. The molecule has 25 heavy (non-hydrogen) atoms. The van der Waals surface area contributed by atoms with Crippen LogP contribution < -0.4 is 4.74 Å². The Bertz CT molecular complexity index is 591. The Hall–Kier alpha value is -2.04. The molecule has 0 N–H and O–H groups in total. The van der Waals surface area contributed by atoms with Crippen molar-refractivity contribution in [1.82, 2.24) is 4.90 Å². The van der Waals surface area contributed by atoms with Gasteiger partial charge in [-0.1, -0.05) is 32.9 Å². The minimum absolute atomic E-state index is 0.0302. The lowest BCUT2D eigenvalue weighted by molar-refractivity contribution is -0.149. The normalized spacial score (nSPS) is 16.6. The zero-order valence-electron chi connectivity index (χ0n) is 15.7. The van der Waals surface area contributed by atoms with E-state index in [1.807, 2.05) is 18.2 Å². The molecule has 0 aliphatic carbocycles. The van der Waals surface area contributed by atoms with E-state index in [1.54, 1.807) is 4.90 Å². The second-order valence-electron chi connectivity index (χ2n) is 7.07. The van der Waals surface area contributed by atoms with Crippen molar-refractivity contribution in [2.75, 3.05) is 26.8 Å². The number of ether oxygens (including phenoxy) is 2. The van der Waals surface area contributed by atoms with Gasteiger partial charge in [0.05, 0.1) is 13.0 Å². The summed E-state index contributed by atoms with van der Waals surface area (Å²) in [4.78, 5) is 25.6. The minimum Gasteiger partial charge on any atom is -0.484 e. The lowest BCUT2D eigenvalue weighted by Crippen LogP contribution is -2.42. The Labute approximate surface area is 150 Å². The predicted molar refractivity (Wildman–Crippen MR) is 96.5 cm³/mol. The molecule has 2 rings (SSSR count). The number of amides is 1. The first-order valence-electron chi connectivity index (χ1n) is 9.00. The first kappa shape index (κ1) is 19.3. The van der Waals surface area contributed by atoms with Gasteiger partial charge >= 0.3 is 5.97 Å². The predicted octanol–water partition coefficient (Wildman–Crippen LogP) is 3.24. The van der Waals surface area contributed by atoms with Crippen LogP contribution in [-0.2, 0) is 14.3 Å². The number of benzene rings is 1. The molecule has 0 saturated carbocycles. The molecular weight excluding hydrogens is 318 g/mol. The van der Waals surface area contributed by atoms with Crippen LogP contribution in [0.1, 0.15) is 45.1 Å². The molecule has 138 valence electrons. The third kappa shape index (κ3) is 5.21. The average Bonchev–Trinajstić information content (AvgIpc) is 2.65. The molecule has 1 aromatic rings. The van der Waals surface area contributed by atoms with E-state index in [4.69, 9.17) is 9.47 Å². The SMILES string of the molecule is COC(=O)C1CCN(C(=O)COc2cccc(C(C)C(C)C)c2)CC1. The first-order chi connectivity index (χ1) is 11.9. The summed E-state index contributed by atoms with van der Waals surface area (Å²) in [5, 5.41) is 0. The summed E-state index contributed by atoms with van der Waals surface area (Å²) in [6.45, 7) is 7.76. The topological polar surface area (TPSA) is 55.8 Å². The number of likely N-dealkylation sites (tertiary alicyclic amines) is 1. The largest absolute Gasteiger partial charge is 0.484 e. The number of piperidine rings is 1. The number of carbonyl (C=O) groups excluding carboxylic acids is 2. The highest BCUT2D eigenvalue weighted by molar-refractivity contribution is 5.78. The van der Waals surface area contributed by atoms with E-state index in [2.05, 4.69) is 26.8 Å². The highest BCUT2D eigenvalue weighted by Crippen LogP contribution is 2.26. The van der Waals surface area contributed by atoms with Crippen LogP contribution in [-0.4, -0.2) is 43.6 Å². The lowest BCUT2D eigenvalue weighted by Gasteiger charge is -2.30. The smallest absolute Gasteiger partial charge is 0.308 e. The van der Waals surface area contributed by atoms with E-state index in [0.717, 1.165) is 5.75 Å². The summed E-state index contributed by atoms with van der Waals surface area (Å²) >= 11 is 0. The maximum absolute atomic E-state index is 12.3. The van der Waals surface area contributed by atoms with Crippen molar-refractivity contribution < 1.29 is 19.1 Å². The summed E-state index contributed by atoms with van der Waals surface area (Å²) in [6, 6.07) is 7.96. The maximum atomic E-state index is 12.3. The van der Waals surface area contributed by atoms with Gasteiger partial charge in [0, 0.05) is 13.1 Å². The molecule has 1 aliphatic heterocycles. The second kappa shape index (κ2) is 8.88. The van der Waals surface area contributed by atoms with Gasteiger partial charge in [-0.3, -0.25) is 9.59 Å². The Morgan fingerprint density at radius 2 is 1.88 bits per heavy atom. The van der Waals surface area contributed by atoms with Crippen LogP contribution >= 0.6 is 0 Å². The van der Waals surface area contributed by atoms with Crippen LogP contribution in [0.5, 0.6) is 5.75 Å². The molecule has 1 atom stereocenters. The molecule has 5 heteroatoms. The molecule has 0 aromatic heterocycles. The number of hydrogen-bond donors (Lipinski definition) is 0. The van der Waals surface area contributed by atoms with E-state index in [0.29, 0.717) is 37.8 Å². The van der Waals surface area contributed by atoms with Gasteiger partial charge in [0.25, 0.3) is 5.91 Å². The highest BCUT2D eigenvalue weighted by atomic mass is 16.5. The molecule has 1 aliphatic rings. The maximum Gasteiger partial charge on any atom is 0.308 e. The molecule has 5 nitrogen and oxygen atoms in total. The zero-order valence-corrected chi connectivity index (χ0v) is 15.7. The van der Waals surface area contributed by atoms with Crippen molar-refractivity contribution in [3.8, 4) is 5.75 Å². The van der Waals surface area contributed by atoms with Crippen LogP contribution in [0.25, 0.3) is 0 Å². The monoisotopic (exact) mass is 347 g/mol. The summed E-state index contributed by atoms with van der Waals surface area (Å²) in [6.07, 6.45) is 1.31. The number of hydrogen-bond acceptors (Lipinski definition) is 4. The van der Waals surface area contributed by atoms with Crippen LogP contribution in [0.3, 0.4) is 0 Å². The number of rotatable bonds is 6. The van der Waals surface area contributed by atoms with Crippen LogP contribution in [0.2, 0.25) is 0 Å². The van der Waals surface area contributed by atoms with E-state index in [9.17, 15) is 9.59 Å². The van der Waals surface area contributed by atoms with Gasteiger partial charge < -0.3 is 14.4 Å². The van der Waals surface area contributed by atoms with Gasteiger partial charge in [0.1, 0.15) is 5.75 Å². The van der Waals surface area contributed by atoms with Gasteiger partial charge in [-0.25, -0.2) is 0 Å². The molecule has 1 heterocycles. The Morgan fingerprint density at radius 1 is 1.20 bits per heavy atom. The molecule has 0 spiro atoms. The lowest BCUT2D eigenvalue weighted by atomic mass is 9.90. The number of methoxy groups -OCH3 is 1. The Kier molecular flexibility index (Phi) is 6.85. The minimum atomic E-state index is -0.181. The Balaban J connectivity index is 1.85. The number of carbonyl (C=O) groups is 2. The van der Waals surface area contributed by atoms with Crippen molar-refractivity contribution in [3.63, 3.8) is 0 Å². The van der Waals surface area contributed by atoms with Crippen molar-refractivity contribution in [2.24, 2.45) is 11.8 Å². The Morgan fingerprint density at radius 3 is 2.48 bits per heavy atom. The third-order valence-corrected chi connectivity index (χ3v) is 5.13. The third-order valence-electron chi connectivity index (χ3n) is 5.13. The quantitative estimate of drug-likeness (QED) is 0.741. The van der Waals surface area contributed by atoms with E-state index in [-0.39, 0.29) is 24.4 Å². The van der Waals surface area contributed by atoms with Crippen LogP contribution in [0, 0.1) is 11.8 Å². The number of nitrogens with zero attached hydrogens (tertiary/aromatic N) is 1. The van der Waals surface area contributed by atoms with E-state index >= 15 is 0 Å². The fourth-order valence-corrected chi connectivity index (χ4v) is 3.04. The first-order valence-corrected chi connectivity index (χ1v) is 9.00. The van der Waals surface area contributed by atoms with Gasteiger partial charge in [0.2, 0.25) is 0 Å². The number of esters is 1. The molecule has 1 amide bonds. The van der Waals surface area contributed by atoms with E-state index in [1.165, 1.54) is 12.7 Å². The summed E-state index contributed by atoms with van der Waals surface area (Å²) in [5.74, 6) is 1.40.